The first-order valence-electron chi connectivity index (χ1n) is 6.80. The van der Waals surface area contributed by atoms with Crippen molar-refractivity contribution >= 4 is 0 Å². The van der Waals surface area contributed by atoms with Gasteiger partial charge in [0.05, 0.1) is 12.2 Å². The summed E-state index contributed by atoms with van der Waals surface area (Å²) in [5.41, 5.74) is 3.26. The Kier molecular flexibility index (Phi) is 2.93. The second-order valence-electron chi connectivity index (χ2n) is 4.95. The van der Waals surface area contributed by atoms with E-state index in [9.17, 15) is 0 Å². The zero-order valence-electron chi connectivity index (χ0n) is 11.2. The van der Waals surface area contributed by atoms with Gasteiger partial charge in [0.15, 0.2) is 0 Å². The molecule has 3 aromatic rings. The summed E-state index contributed by atoms with van der Waals surface area (Å²) in [6.45, 7) is 0.809. The SMILES string of the molecule is c1ccc2c(c1)CNC(c1nc(-c3cnccn3)no1)C2. The minimum absolute atomic E-state index is 0.0396. The molecule has 1 aliphatic rings. The molecule has 21 heavy (non-hydrogen) atoms. The minimum atomic E-state index is 0.0396. The third-order valence-corrected chi connectivity index (χ3v) is 3.61. The highest BCUT2D eigenvalue weighted by Gasteiger charge is 2.24. The van der Waals surface area contributed by atoms with Crippen molar-refractivity contribution in [2.24, 2.45) is 0 Å². The topological polar surface area (TPSA) is 76.7 Å². The highest BCUT2D eigenvalue weighted by atomic mass is 16.5. The van der Waals surface area contributed by atoms with Gasteiger partial charge in [0.1, 0.15) is 5.69 Å². The van der Waals surface area contributed by atoms with Crippen LogP contribution in [0.4, 0.5) is 0 Å². The van der Waals surface area contributed by atoms with E-state index >= 15 is 0 Å². The summed E-state index contributed by atoms with van der Waals surface area (Å²) in [6.07, 6.45) is 5.70. The molecule has 0 amide bonds. The molecule has 1 aliphatic heterocycles. The van der Waals surface area contributed by atoms with E-state index in [1.54, 1.807) is 18.6 Å². The highest BCUT2D eigenvalue weighted by Crippen LogP contribution is 2.25. The van der Waals surface area contributed by atoms with Gasteiger partial charge in [-0.25, -0.2) is 4.98 Å². The van der Waals surface area contributed by atoms with Crippen LogP contribution in [0.1, 0.15) is 23.1 Å². The normalized spacial score (nSPS) is 17.4. The Morgan fingerprint density at radius 2 is 2.05 bits per heavy atom. The Labute approximate surface area is 121 Å². The van der Waals surface area contributed by atoms with Crippen LogP contribution in [0, 0.1) is 0 Å². The number of nitrogens with one attached hydrogen (secondary N) is 1. The predicted molar refractivity (Wildman–Crippen MR) is 75.1 cm³/mol. The first kappa shape index (κ1) is 12.2. The van der Waals surface area contributed by atoms with Gasteiger partial charge in [-0.3, -0.25) is 4.98 Å². The summed E-state index contributed by atoms with van der Waals surface area (Å²) in [6, 6.07) is 8.43. The fourth-order valence-electron chi connectivity index (χ4n) is 2.52. The molecule has 6 nitrogen and oxygen atoms in total. The average molecular weight is 279 g/mol. The van der Waals surface area contributed by atoms with Gasteiger partial charge < -0.3 is 9.84 Å². The lowest BCUT2D eigenvalue weighted by molar-refractivity contribution is 0.321. The lowest BCUT2D eigenvalue weighted by Gasteiger charge is -2.23. The molecule has 6 heteroatoms. The van der Waals surface area contributed by atoms with Gasteiger partial charge in [-0.15, -0.1) is 0 Å². The second-order valence-corrected chi connectivity index (χ2v) is 4.95. The van der Waals surface area contributed by atoms with Crippen LogP contribution in [0.3, 0.4) is 0 Å². The lowest BCUT2D eigenvalue weighted by Crippen LogP contribution is -2.28. The summed E-state index contributed by atoms with van der Waals surface area (Å²) < 4.78 is 5.38. The molecule has 0 fully saturated rings. The van der Waals surface area contributed by atoms with Gasteiger partial charge in [-0.1, -0.05) is 29.4 Å². The van der Waals surface area contributed by atoms with E-state index in [4.69, 9.17) is 4.52 Å². The van der Waals surface area contributed by atoms with Crippen LogP contribution in [-0.2, 0) is 13.0 Å². The van der Waals surface area contributed by atoms with Crippen molar-refractivity contribution in [2.75, 3.05) is 0 Å². The van der Waals surface area contributed by atoms with Crippen LogP contribution < -0.4 is 5.32 Å². The maximum Gasteiger partial charge on any atom is 0.244 e. The smallest absolute Gasteiger partial charge is 0.244 e. The Bertz CT molecular complexity index is 756. The third kappa shape index (κ3) is 2.30. The summed E-state index contributed by atoms with van der Waals surface area (Å²) >= 11 is 0. The molecule has 104 valence electrons. The first-order chi connectivity index (χ1) is 10.4. The first-order valence-corrected chi connectivity index (χ1v) is 6.80. The molecule has 1 aromatic carbocycles. The molecule has 0 aliphatic carbocycles. The Morgan fingerprint density at radius 1 is 1.14 bits per heavy atom. The molecule has 0 radical (unpaired) electrons. The van der Waals surface area contributed by atoms with Crippen LogP contribution in [0.15, 0.2) is 47.4 Å². The van der Waals surface area contributed by atoms with Gasteiger partial charge in [0, 0.05) is 18.9 Å². The van der Waals surface area contributed by atoms with E-state index in [0.717, 1.165) is 13.0 Å². The van der Waals surface area contributed by atoms with E-state index in [1.165, 1.54) is 11.1 Å². The number of hydrogen-bond acceptors (Lipinski definition) is 6. The van der Waals surface area contributed by atoms with Crippen molar-refractivity contribution in [3.63, 3.8) is 0 Å². The summed E-state index contributed by atoms with van der Waals surface area (Å²) in [5, 5.41) is 7.41. The molecule has 4 rings (SSSR count). The average Bonchev–Trinajstić information content (AvgIpc) is 3.05. The minimum Gasteiger partial charge on any atom is -0.337 e. The zero-order chi connectivity index (χ0) is 14.1. The van der Waals surface area contributed by atoms with Crippen molar-refractivity contribution in [3.05, 3.63) is 59.9 Å². The fourth-order valence-corrected chi connectivity index (χ4v) is 2.52. The molecule has 0 spiro atoms. The van der Waals surface area contributed by atoms with Crippen molar-refractivity contribution in [1.82, 2.24) is 25.4 Å². The maximum absolute atomic E-state index is 5.38. The van der Waals surface area contributed by atoms with Gasteiger partial charge >= 0.3 is 0 Å². The van der Waals surface area contributed by atoms with E-state index in [-0.39, 0.29) is 6.04 Å². The molecule has 2 aromatic heterocycles. The van der Waals surface area contributed by atoms with Crippen molar-refractivity contribution in [3.8, 4) is 11.5 Å². The number of nitrogens with zero attached hydrogens (tertiary/aromatic N) is 4. The van der Waals surface area contributed by atoms with Crippen molar-refractivity contribution in [1.29, 1.82) is 0 Å². The molecule has 1 unspecified atom stereocenters. The van der Waals surface area contributed by atoms with Gasteiger partial charge in [-0.2, -0.15) is 4.98 Å². The summed E-state index contributed by atoms with van der Waals surface area (Å²) in [7, 11) is 0. The summed E-state index contributed by atoms with van der Waals surface area (Å²) in [4.78, 5) is 12.6. The monoisotopic (exact) mass is 279 g/mol. The van der Waals surface area contributed by atoms with Crippen molar-refractivity contribution in [2.45, 2.75) is 19.0 Å². The van der Waals surface area contributed by atoms with E-state index < -0.39 is 0 Å². The predicted octanol–water partition coefficient (Wildman–Crippen LogP) is 1.91. The molecule has 0 saturated heterocycles. The number of rotatable bonds is 2. The quantitative estimate of drug-likeness (QED) is 0.772. The van der Waals surface area contributed by atoms with E-state index in [2.05, 4.69) is 49.7 Å². The van der Waals surface area contributed by atoms with Gasteiger partial charge in [0.25, 0.3) is 0 Å². The largest absolute Gasteiger partial charge is 0.337 e. The summed E-state index contributed by atoms with van der Waals surface area (Å²) in [5.74, 6) is 1.06. The number of hydrogen-bond donors (Lipinski definition) is 1. The number of benzene rings is 1. The maximum atomic E-state index is 5.38. The van der Waals surface area contributed by atoms with E-state index in [0.29, 0.717) is 17.4 Å². The molecule has 1 atom stereocenters. The Hall–Kier alpha value is -2.60. The molecular weight excluding hydrogens is 266 g/mol. The molecule has 3 heterocycles. The third-order valence-electron chi connectivity index (χ3n) is 3.61. The molecule has 0 saturated carbocycles. The Balaban J connectivity index is 1.60. The van der Waals surface area contributed by atoms with Crippen molar-refractivity contribution < 1.29 is 4.52 Å². The molecular formula is C15H13N5O. The zero-order valence-corrected chi connectivity index (χ0v) is 11.2. The Morgan fingerprint density at radius 3 is 2.90 bits per heavy atom. The van der Waals surface area contributed by atoms with Crippen LogP contribution in [0.2, 0.25) is 0 Å². The van der Waals surface area contributed by atoms with Crippen LogP contribution in [-0.4, -0.2) is 20.1 Å². The van der Waals surface area contributed by atoms with Crippen LogP contribution >= 0.6 is 0 Å². The standard InChI is InChI=1S/C15H13N5O/c1-2-4-11-8-18-12(7-10(11)3-1)15-19-14(20-21-15)13-9-16-5-6-17-13/h1-6,9,12,18H,7-8H2. The molecule has 1 N–H and O–H groups in total. The second kappa shape index (κ2) is 5.06. The van der Waals surface area contributed by atoms with E-state index in [1.807, 2.05) is 0 Å². The van der Waals surface area contributed by atoms with Gasteiger partial charge in [-0.05, 0) is 17.5 Å². The number of aromatic nitrogens is 4. The van der Waals surface area contributed by atoms with Gasteiger partial charge in [0.2, 0.25) is 11.7 Å². The highest BCUT2D eigenvalue weighted by molar-refractivity contribution is 5.45. The fraction of sp³-hybridized carbons (Fsp3) is 0.200. The lowest BCUT2D eigenvalue weighted by atomic mass is 9.96. The number of fused-ring (bicyclic) bond motifs is 1. The van der Waals surface area contributed by atoms with Crippen LogP contribution in [0.5, 0.6) is 0 Å². The molecule has 0 bridgehead atoms. The van der Waals surface area contributed by atoms with Crippen LogP contribution in [0.25, 0.3) is 11.5 Å².